The Morgan fingerprint density at radius 2 is 2.20 bits per heavy atom. The Bertz CT molecular complexity index is 656. The maximum atomic E-state index is 12.2. The molecule has 0 bridgehead atoms. The maximum Gasteiger partial charge on any atom is 0.410 e. The highest BCUT2D eigenvalue weighted by Crippen LogP contribution is 2.47. The van der Waals surface area contributed by atoms with Crippen LogP contribution in [0, 0.1) is 11.8 Å². The second kappa shape index (κ2) is 6.51. The van der Waals surface area contributed by atoms with Crippen molar-refractivity contribution in [1.82, 2.24) is 9.80 Å². The van der Waals surface area contributed by atoms with E-state index >= 15 is 0 Å². The molecule has 3 rings (SSSR count). The Balaban J connectivity index is 1.76. The van der Waals surface area contributed by atoms with Crippen LogP contribution in [0.15, 0.2) is 23.9 Å². The first-order valence-corrected chi connectivity index (χ1v) is 8.36. The molecule has 136 valence electrons. The van der Waals surface area contributed by atoms with Crippen LogP contribution in [0.4, 0.5) is 4.79 Å². The number of nitrogens with zero attached hydrogens (tertiary/aromatic N) is 2. The minimum atomic E-state index is -1.14. The van der Waals surface area contributed by atoms with E-state index in [0.29, 0.717) is 31.5 Å². The minimum Gasteiger partial charge on any atom is -0.477 e. The van der Waals surface area contributed by atoms with Crippen molar-refractivity contribution < 1.29 is 29.3 Å². The smallest absolute Gasteiger partial charge is 0.410 e. The van der Waals surface area contributed by atoms with Gasteiger partial charge in [-0.2, -0.15) is 0 Å². The molecule has 0 aromatic carbocycles. The number of rotatable bonds is 5. The second-order valence-corrected chi connectivity index (χ2v) is 6.72. The van der Waals surface area contributed by atoms with Crippen molar-refractivity contribution in [2.24, 2.45) is 11.8 Å². The number of carbonyl (C=O) groups excluding carboxylic acids is 2. The van der Waals surface area contributed by atoms with Crippen LogP contribution in [0.1, 0.15) is 19.8 Å². The zero-order chi connectivity index (χ0) is 18.3. The molecule has 2 fully saturated rings. The molecule has 0 saturated carbocycles. The number of aliphatic hydroxyl groups excluding tert-OH is 1. The molecule has 0 unspecified atom stereocenters. The van der Waals surface area contributed by atoms with Crippen LogP contribution in [-0.2, 0) is 14.3 Å². The van der Waals surface area contributed by atoms with Gasteiger partial charge in [0, 0.05) is 19.0 Å². The topological polar surface area (TPSA) is 107 Å². The summed E-state index contributed by atoms with van der Waals surface area (Å²) < 4.78 is 5.02. The van der Waals surface area contributed by atoms with Gasteiger partial charge in [0.2, 0.25) is 5.91 Å². The predicted molar refractivity (Wildman–Crippen MR) is 86.3 cm³/mol. The van der Waals surface area contributed by atoms with Crippen LogP contribution in [-0.4, -0.2) is 69.8 Å². The first kappa shape index (κ1) is 17.5. The summed E-state index contributed by atoms with van der Waals surface area (Å²) in [5.74, 6) is -2.15. The quantitative estimate of drug-likeness (QED) is 0.555. The number of likely N-dealkylation sites (tertiary alicyclic amines) is 1. The molecule has 4 atom stereocenters. The van der Waals surface area contributed by atoms with Crippen LogP contribution < -0.4 is 0 Å². The lowest BCUT2D eigenvalue weighted by molar-refractivity contribution is -0.161. The van der Waals surface area contributed by atoms with E-state index < -0.39 is 24.1 Å². The van der Waals surface area contributed by atoms with Gasteiger partial charge in [-0.1, -0.05) is 12.7 Å². The van der Waals surface area contributed by atoms with Crippen LogP contribution in [0.3, 0.4) is 0 Å². The van der Waals surface area contributed by atoms with Gasteiger partial charge in [-0.25, -0.2) is 9.59 Å². The molecule has 0 aliphatic carbocycles. The van der Waals surface area contributed by atoms with Gasteiger partial charge in [0.1, 0.15) is 12.3 Å². The van der Waals surface area contributed by atoms with Gasteiger partial charge in [-0.05, 0) is 25.3 Å². The summed E-state index contributed by atoms with van der Waals surface area (Å²) in [4.78, 5) is 38.7. The third-order valence-electron chi connectivity index (χ3n) is 5.23. The van der Waals surface area contributed by atoms with Crippen molar-refractivity contribution in [3.8, 4) is 0 Å². The van der Waals surface area contributed by atoms with Crippen molar-refractivity contribution in [2.75, 3.05) is 19.7 Å². The molecule has 0 aromatic rings. The Kier molecular flexibility index (Phi) is 4.55. The zero-order valence-electron chi connectivity index (χ0n) is 14.1. The molecule has 2 N–H and O–H groups in total. The maximum absolute atomic E-state index is 12.2. The number of fused-ring (bicyclic) bond motifs is 1. The fourth-order valence-electron chi connectivity index (χ4n) is 4.10. The number of aliphatic hydroxyl groups is 1. The Morgan fingerprint density at radius 1 is 1.48 bits per heavy atom. The molecule has 3 aliphatic heterocycles. The fourth-order valence-corrected chi connectivity index (χ4v) is 4.10. The minimum absolute atomic E-state index is 0.0261. The van der Waals surface area contributed by atoms with Gasteiger partial charge in [-0.15, -0.1) is 0 Å². The van der Waals surface area contributed by atoms with Gasteiger partial charge in [0.15, 0.2) is 0 Å². The zero-order valence-corrected chi connectivity index (χ0v) is 14.1. The van der Waals surface area contributed by atoms with E-state index in [2.05, 4.69) is 6.58 Å². The monoisotopic (exact) mass is 350 g/mol. The summed E-state index contributed by atoms with van der Waals surface area (Å²) in [6.07, 6.45) is 1.29. The van der Waals surface area contributed by atoms with E-state index in [4.69, 9.17) is 4.74 Å². The molecule has 3 aliphatic rings. The lowest BCUT2D eigenvalue weighted by Crippen LogP contribution is -2.61. The van der Waals surface area contributed by atoms with Crippen LogP contribution in [0.2, 0.25) is 0 Å². The van der Waals surface area contributed by atoms with Crippen molar-refractivity contribution >= 4 is 18.0 Å². The van der Waals surface area contributed by atoms with Crippen molar-refractivity contribution in [2.45, 2.75) is 31.9 Å². The highest BCUT2D eigenvalue weighted by Gasteiger charge is 2.57. The lowest BCUT2D eigenvalue weighted by Gasteiger charge is -2.44. The van der Waals surface area contributed by atoms with E-state index in [1.54, 1.807) is 11.8 Å². The average Bonchev–Trinajstić information content (AvgIpc) is 3.14. The molecule has 25 heavy (non-hydrogen) atoms. The first-order chi connectivity index (χ1) is 11.9. The van der Waals surface area contributed by atoms with E-state index in [1.807, 2.05) is 0 Å². The summed E-state index contributed by atoms with van der Waals surface area (Å²) >= 11 is 0. The van der Waals surface area contributed by atoms with Gasteiger partial charge >= 0.3 is 12.1 Å². The standard InChI is InChI=1S/C17H22N2O6/c1-3-6-25-17(24)18-5-4-10(8-18)11-7-12-13(9(2)20)15(21)19(12)14(11)16(22)23/h3,9-10,12-13,20H,1,4-8H2,2H3,(H,22,23)/t9-,10+,12-,13-/m1/s1. The normalized spacial score (nSPS) is 29.4. The summed E-state index contributed by atoms with van der Waals surface area (Å²) in [6.45, 7) is 6.02. The van der Waals surface area contributed by atoms with E-state index in [9.17, 15) is 24.6 Å². The van der Waals surface area contributed by atoms with Gasteiger partial charge in [0.25, 0.3) is 0 Å². The molecule has 0 aromatic heterocycles. The molecule has 2 amide bonds. The molecule has 8 nitrogen and oxygen atoms in total. The SMILES string of the molecule is C=CCOC(=O)N1CC[C@H](C2=C(C(=O)O)N3C(=O)[C@H]([C@@H](C)O)[C@H]3C2)C1. The van der Waals surface area contributed by atoms with Crippen LogP contribution in [0.5, 0.6) is 0 Å². The highest BCUT2D eigenvalue weighted by molar-refractivity contribution is 5.99. The van der Waals surface area contributed by atoms with E-state index in [-0.39, 0.29) is 30.2 Å². The Labute approximate surface area is 145 Å². The lowest BCUT2D eigenvalue weighted by atomic mass is 9.82. The molecule has 0 spiro atoms. The summed E-state index contributed by atoms with van der Waals surface area (Å²) in [6, 6.07) is -0.296. The second-order valence-electron chi connectivity index (χ2n) is 6.72. The number of hydrogen-bond acceptors (Lipinski definition) is 5. The van der Waals surface area contributed by atoms with Crippen molar-refractivity contribution in [1.29, 1.82) is 0 Å². The van der Waals surface area contributed by atoms with Gasteiger partial charge in [-0.3, -0.25) is 4.79 Å². The highest BCUT2D eigenvalue weighted by atomic mass is 16.6. The van der Waals surface area contributed by atoms with Crippen molar-refractivity contribution in [3.63, 3.8) is 0 Å². The van der Waals surface area contributed by atoms with Crippen molar-refractivity contribution in [3.05, 3.63) is 23.9 Å². The van der Waals surface area contributed by atoms with E-state index in [0.717, 1.165) is 0 Å². The van der Waals surface area contributed by atoms with Crippen LogP contribution in [0.25, 0.3) is 0 Å². The Hall–Kier alpha value is -2.35. The molecule has 8 heteroatoms. The molecule has 3 heterocycles. The molecule has 2 saturated heterocycles. The molecular formula is C17H22N2O6. The van der Waals surface area contributed by atoms with Gasteiger partial charge in [0.05, 0.1) is 18.1 Å². The molecular weight excluding hydrogens is 328 g/mol. The number of aliphatic carboxylic acids is 1. The third-order valence-corrected chi connectivity index (χ3v) is 5.23. The third kappa shape index (κ3) is 2.80. The number of carboxylic acids is 1. The number of carbonyl (C=O) groups is 3. The van der Waals surface area contributed by atoms with E-state index in [1.165, 1.54) is 11.0 Å². The fraction of sp³-hybridized carbons (Fsp3) is 0.588. The number of amides is 2. The molecule has 0 radical (unpaired) electrons. The summed E-state index contributed by atoms with van der Waals surface area (Å²) in [5.41, 5.74) is 0.714. The Morgan fingerprint density at radius 3 is 2.80 bits per heavy atom. The number of carboxylic acid groups (broad SMARTS) is 1. The average molecular weight is 350 g/mol. The predicted octanol–water partition coefficient (Wildman–Crippen LogP) is 0.581. The van der Waals surface area contributed by atoms with Gasteiger partial charge < -0.3 is 24.7 Å². The number of β-lactam (4-membered cyclic amide) rings is 1. The number of hydrogen-bond donors (Lipinski definition) is 2. The first-order valence-electron chi connectivity index (χ1n) is 8.36. The summed E-state index contributed by atoms with van der Waals surface area (Å²) in [7, 11) is 0. The van der Waals surface area contributed by atoms with Crippen LogP contribution >= 0.6 is 0 Å². The number of ether oxygens (including phenoxy) is 1. The largest absolute Gasteiger partial charge is 0.477 e. The summed E-state index contributed by atoms with van der Waals surface area (Å²) in [5, 5.41) is 19.3.